The van der Waals surface area contributed by atoms with Gasteiger partial charge in [0, 0.05) is 5.02 Å². The average Bonchev–Trinajstić information content (AvgIpc) is 2.86. The van der Waals surface area contributed by atoms with Gasteiger partial charge in [-0.15, -0.1) is 0 Å². The summed E-state index contributed by atoms with van der Waals surface area (Å²) in [4.78, 5) is 11.1. The molecular formula is C12H11ClO2. The fraction of sp³-hybridized carbons (Fsp3) is 0.417. The molecule has 1 saturated carbocycles. The van der Waals surface area contributed by atoms with Crippen molar-refractivity contribution in [2.45, 2.75) is 30.6 Å². The molecule has 0 amide bonds. The largest absolute Gasteiger partial charge is 0.481 e. The van der Waals surface area contributed by atoms with Crippen LogP contribution in [0.5, 0.6) is 0 Å². The molecule has 15 heavy (non-hydrogen) atoms. The van der Waals surface area contributed by atoms with Gasteiger partial charge in [0.2, 0.25) is 0 Å². The number of carbonyl (C=O) groups is 1. The fourth-order valence-electron chi connectivity index (χ4n) is 2.76. The van der Waals surface area contributed by atoms with Crippen LogP contribution in [0.2, 0.25) is 5.02 Å². The quantitative estimate of drug-likeness (QED) is 0.793. The molecule has 2 aliphatic rings. The molecule has 1 spiro atoms. The number of benzene rings is 1. The molecule has 3 heteroatoms. The number of carboxylic acid groups (broad SMARTS) is 1. The summed E-state index contributed by atoms with van der Waals surface area (Å²) in [6, 6.07) is 5.70. The van der Waals surface area contributed by atoms with Crippen LogP contribution < -0.4 is 0 Å². The van der Waals surface area contributed by atoms with Crippen molar-refractivity contribution < 1.29 is 9.90 Å². The van der Waals surface area contributed by atoms with Crippen LogP contribution in [0, 0.1) is 0 Å². The SMILES string of the molecule is O=C(O)C1CC2(CC2)c2ccc(Cl)cc21. The third-order valence-corrected chi connectivity index (χ3v) is 3.94. The second-order valence-electron chi connectivity index (χ2n) is 4.61. The summed E-state index contributed by atoms with van der Waals surface area (Å²) in [7, 11) is 0. The molecule has 0 heterocycles. The standard InChI is InChI=1S/C12H11ClO2/c13-7-1-2-10-8(5-7)9(11(14)15)6-12(10)3-4-12/h1-2,5,9H,3-4,6H2,(H,14,15). The smallest absolute Gasteiger partial charge is 0.311 e. The van der Waals surface area contributed by atoms with E-state index < -0.39 is 5.97 Å². The minimum atomic E-state index is -0.720. The molecule has 0 radical (unpaired) electrons. The summed E-state index contributed by atoms with van der Waals surface area (Å²) in [6.45, 7) is 0. The van der Waals surface area contributed by atoms with Crippen molar-refractivity contribution in [3.63, 3.8) is 0 Å². The number of carboxylic acids is 1. The predicted octanol–water partition coefficient (Wildman–Crippen LogP) is 2.94. The summed E-state index contributed by atoms with van der Waals surface area (Å²) < 4.78 is 0. The normalized spacial score (nSPS) is 25.3. The Kier molecular flexibility index (Phi) is 1.70. The Morgan fingerprint density at radius 3 is 2.80 bits per heavy atom. The zero-order chi connectivity index (χ0) is 10.6. The van der Waals surface area contributed by atoms with Crippen LogP contribution in [0.1, 0.15) is 36.3 Å². The van der Waals surface area contributed by atoms with Crippen molar-refractivity contribution in [1.82, 2.24) is 0 Å². The highest BCUT2D eigenvalue weighted by molar-refractivity contribution is 6.30. The van der Waals surface area contributed by atoms with Crippen molar-refractivity contribution in [2.75, 3.05) is 0 Å². The minimum Gasteiger partial charge on any atom is -0.481 e. The highest BCUT2D eigenvalue weighted by Crippen LogP contribution is 2.60. The fourth-order valence-corrected chi connectivity index (χ4v) is 2.94. The van der Waals surface area contributed by atoms with E-state index >= 15 is 0 Å². The van der Waals surface area contributed by atoms with Gasteiger partial charge in [-0.05, 0) is 47.9 Å². The maximum Gasteiger partial charge on any atom is 0.311 e. The van der Waals surface area contributed by atoms with Crippen molar-refractivity contribution in [3.05, 3.63) is 34.3 Å². The van der Waals surface area contributed by atoms with E-state index in [1.807, 2.05) is 18.2 Å². The van der Waals surface area contributed by atoms with Crippen LogP contribution >= 0.6 is 11.6 Å². The van der Waals surface area contributed by atoms with E-state index in [0.29, 0.717) is 5.02 Å². The number of rotatable bonds is 1. The molecule has 1 unspecified atom stereocenters. The molecular weight excluding hydrogens is 212 g/mol. The molecule has 78 valence electrons. The van der Waals surface area contributed by atoms with Crippen LogP contribution in [0.25, 0.3) is 0 Å². The summed E-state index contributed by atoms with van der Waals surface area (Å²) >= 11 is 5.91. The van der Waals surface area contributed by atoms with Gasteiger partial charge < -0.3 is 5.11 Å². The second kappa shape index (κ2) is 2.76. The third kappa shape index (κ3) is 1.21. The van der Waals surface area contributed by atoms with E-state index in [9.17, 15) is 4.79 Å². The summed E-state index contributed by atoms with van der Waals surface area (Å²) in [5.41, 5.74) is 2.34. The molecule has 3 rings (SSSR count). The van der Waals surface area contributed by atoms with E-state index in [-0.39, 0.29) is 11.3 Å². The van der Waals surface area contributed by atoms with Gasteiger partial charge in [-0.1, -0.05) is 17.7 Å². The number of halogens is 1. The van der Waals surface area contributed by atoms with Gasteiger partial charge in [0.1, 0.15) is 0 Å². The molecule has 1 aromatic rings. The molecule has 1 atom stereocenters. The number of hydrogen-bond donors (Lipinski definition) is 1. The summed E-state index contributed by atoms with van der Waals surface area (Å²) in [5.74, 6) is -1.07. The molecule has 2 nitrogen and oxygen atoms in total. The first-order valence-corrected chi connectivity index (χ1v) is 5.53. The summed E-state index contributed by atoms with van der Waals surface area (Å²) in [5, 5.41) is 9.80. The van der Waals surface area contributed by atoms with Crippen LogP contribution in [0.3, 0.4) is 0 Å². The van der Waals surface area contributed by atoms with Crippen LogP contribution in [0.4, 0.5) is 0 Å². The van der Waals surface area contributed by atoms with Gasteiger partial charge in [0.15, 0.2) is 0 Å². The zero-order valence-electron chi connectivity index (χ0n) is 8.16. The maximum atomic E-state index is 11.1. The highest BCUT2D eigenvalue weighted by atomic mass is 35.5. The van der Waals surface area contributed by atoms with Gasteiger partial charge >= 0.3 is 5.97 Å². The predicted molar refractivity (Wildman–Crippen MR) is 57.4 cm³/mol. The van der Waals surface area contributed by atoms with Gasteiger partial charge in [-0.3, -0.25) is 4.79 Å². The second-order valence-corrected chi connectivity index (χ2v) is 5.04. The monoisotopic (exact) mass is 222 g/mol. The van der Waals surface area contributed by atoms with Crippen molar-refractivity contribution in [3.8, 4) is 0 Å². The first-order valence-electron chi connectivity index (χ1n) is 5.15. The molecule has 1 aromatic carbocycles. The van der Waals surface area contributed by atoms with Gasteiger partial charge in [-0.2, -0.15) is 0 Å². The van der Waals surface area contributed by atoms with E-state index in [4.69, 9.17) is 16.7 Å². The first-order chi connectivity index (χ1) is 7.12. The molecule has 0 saturated heterocycles. The topological polar surface area (TPSA) is 37.3 Å². The van der Waals surface area contributed by atoms with Gasteiger partial charge in [0.25, 0.3) is 0 Å². The lowest BCUT2D eigenvalue weighted by atomic mass is 9.98. The molecule has 2 aliphatic carbocycles. The van der Waals surface area contributed by atoms with Crippen LogP contribution in [-0.4, -0.2) is 11.1 Å². The van der Waals surface area contributed by atoms with Crippen molar-refractivity contribution in [2.24, 2.45) is 0 Å². The molecule has 0 bridgehead atoms. The van der Waals surface area contributed by atoms with Crippen LogP contribution in [0.15, 0.2) is 18.2 Å². The zero-order valence-corrected chi connectivity index (χ0v) is 8.92. The van der Waals surface area contributed by atoms with E-state index in [0.717, 1.165) is 24.8 Å². The lowest BCUT2D eigenvalue weighted by Gasteiger charge is -2.06. The Morgan fingerprint density at radius 2 is 2.20 bits per heavy atom. The average molecular weight is 223 g/mol. The minimum absolute atomic E-state index is 0.184. The molecule has 0 aromatic heterocycles. The van der Waals surface area contributed by atoms with Crippen molar-refractivity contribution in [1.29, 1.82) is 0 Å². The third-order valence-electron chi connectivity index (χ3n) is 3.71. The van der Waals surface area contributed by atoms with E-state index in [1.165, 1.54) is 5.56 Å². The Bertz CT molecular complexity index is 449. The van der Waals surface area contributed by atoms with E-state index in [2.05, 4.69) is 0 Å². The lowest BCUT2D eigenvalue weighted by Crippen LogP contribution is -2.09. The number of fused-ring (bicyclic) bond motifs is 2. The van der Waals surface area contributed by atoms with Gasteiger partial charge in [0.05, 0.1) is 5.92 Å². The van der Waals surface area contributed by atoms with E-state index in [1.54, 1.807) is 0 Å². The Hall–Kier alpha value is -1.02. The highest BCUT2D eigenvalue weighted by Gasteiger charge is 2.53. The van der Waals surface area contributed by atoms with Crippen LogP contribution in [-0.2, 0) is 10.2 Å². The summed E-state index contributed by atoms with van der Waals surface area (Å²) in [6.07, 6.45) is 3.02. The Balaban J connectivity index is 2.16. The Morgan fingerprint density at radius 1 is 1.47 bits per heavy atom. The number of hydrogen-bond acceptors (Lipinski definition) is 1. The molecule has 1 N–H and O–H groups in total. The van der Waals surface area contributed by atoms with Gasteiger partial charge in [-0.25, -0.2) is 0 Å². The number of aliphatic carboxylic acids is 1. The molecule has 1 fully saturated rings. The van der Waals surface area contributed by atoms with Crippen molar-refractivity contribution >= 4 is 17.6 Å². The maximum absolute atomic E-state index is 11.1. The first kappa shape index (κ1) is 9.22. The Labute approximate surface area is 92.9 Å². The molecule has 0 aliphatic heterocycles. The lowest BCUT2D eigenvalue weighted by molar-refractivity contribution is -0.138.